The maximum absolute atomic E-state index is 8.66. The second-order valence-corrected chi connectivity index (χ2v) is 4.09. The van der Waals surface area contributed by atoms with Gasteiger partial charge in [0.1, 0.15) is 0 Å². The number of hydrogen-bond acceptors (Lipinski definition) is 11. The topological polar surface area (TPSA) is 256 Å². The Hall–Kier alpha value is 2.82. The third-order valence-electron chi connectivity index (χ3n) is 0. The van der Waals surface area contributed by atoms with Gasteiger partial charge in [-0.25, -0.2) is 0 Å². The van der Waals surface area contributed by atoms with Gasteiger partial charge in [-0.15, -0.1) is 0 Å². The molecule has 96 valence electrons. The minimum atomic E-state index is -5.39. The molecule has 0 aliphatic carbocycles. The van der Waals surface area contributed by atoms with E-state index >= 15 is 0 Å². The maximum atomic E-state index is 8.66. The molecule has 19 heteroatoms. The molecule has 12 nitrogen and oxygen atoms in total. The SMILES string of the molecule is O=P([O-])([O-])O.O=P([O-])([O-])[O-].O=P([O-])([O-])[O-].[Zn+2].[Zn+2].[Zn+2].[Zn+2]. The summed E-state index contributed by atoms with van der Waals surface area (Å²) in [6.45, 7) is 0. The van der Waals surface area contributed by atoms with Crippen LogP contribution in [0.25, 0.3) is 0 Å². The first-order valence-electron chi connectivity index (χ1n) is 2.21. The Labute approximate surface area is 158 Å². The standard InChI is InChI=1S/3H3O4P.4Zn/c3*1-5(2,3)4;;;;/h3*(H3,1,2,3,4);;;;/q;;;4*+2/p-8. The van der Waals surface area contributed by atoms with Crippen LogP contribution in [-0.4, -0.2) is 4.89 Å². The van der Waals surface area contributed by atoms with E-state index in [0.717, 1.165) is 0 Å². The molecule has 0 atom stereocenters. The monoisotopic (exact) mass is 542 g/mol. The summed E-state index contributed by atoms with van der Waals surface area (Å²) in [6.07, 6.45) is 0. The van der Waals surface area contributed by atoms with E-state index in [0.29, 0.717) is 0 Å². The molecule has 0 aromatic heterocycles. The third-order valence-corrected chi connectivity index (χ3v) is 0. The summed E-state index contributed by atoms with van der Waals surface area (Å²) in [5.74, 6) is 0. The van der Waals surface area contributed by atoms with Crippen LogP contribution >= 0.6 is 23.5 Å². The fourth-order valence-electron chi connectivity index (χ4n) is 0. The van der Waals surface area contributed by atoms with Crippen LogP contribution in [0.1, 0.15) is 0 Å². The third kappa shape index (κ3) is 926. The molecule has 0 saturated heterocycles. The van der Waals surface area contributed by atoms with Crippen molar-refractivity contribution in [3.63, 3.8) is 0 Å². The van der Waals surface area contributed by atoms with Crippen LogP contribution in [-0.2, 0) is 91.6 Å². The Morgan fingerprint density at radius 1 is 0.526 bits per heavy atom. The fourth-order valence-corrected chi connectivity index (χ4v) is 0. The second-order valence-electron chi connectivity index (χ2n) is 1.36. The summed E-state index contributed by atoms with van der Waals surface area (Å²) in [7, 11) is -15.9. The minimum absolute atomic E-state index is 0. The molecule has 0 rings (SSSR count). The van der Waals surface area contributed by atoms with Crippen molar-refractivity contribution in [2.45, 2.75) is 0 Å². The van der Waals surface area contributed by atoms with Crippen molar-refractivity contribution in [1.29, 1.82) is 0 Å². The second kappa shape index (κ2) is 18.9. The van der Waals surface area contributed by atoms with E-state index in [4.69, 9.17) is 57.7 Å². The molecule has 0 unspecified atom stereocenters. The van der Waals surface area contributed by atoms with Crippen molar-refractivity contribution < 1.29 is 136 Å². The Kier molecular flexibility index (Phi) is 42.8. The Morgan fingerprint density at radius 3 is 0.526 bits per heavy atom. The largest absolute Gasteiger partial charge is 2.00 e. The van der Waals surface area contributed by atoms with Gasteiger partial charge in [0.2, 0.25) is 0 Å². The van der Waals surface area contributed by atoms with E-state index in [9.17, 15) is 0 Å². The number of hydrogen-bond donors (Lipinski definition) is 1. The smallest absolute Gasteiger partial charge is 0.822 e. The van der Waals surface area contributed by atoms with E-state index < -0.39 is 23.5 Å². The molecule has 0 aliphatic heterocycles. The molecule has 0 saturated carbocycles. The van der Waals surface area contributed by atoms with E-state index in [-0.39, 0.29) is 77.9 Å². The molecule has 0 aromatic carbocycles. The van der Waals surface area contributed by atoms with Gasteiger partial charge in [-0.1, -0.05) is 0 Å². The zero-order valence-corrected chi connectivity index (χ0v) is 23.7. The molecule has 0 aliphatic rings. The molecule has 1 N–H and O–H groups in total. The predicted molar refractivity (Wildman–Crippen MR) is 25.0 cm³/mol. The molecule has 0 radical (unpaired) electrons. The Morgan fingerprint density at radius 2 is 0.526 bits per heavy atom. The summed E-state index contributed by atoms with van der Waals surface area (Å²) in [6, 6.07) is 0. The summed E-state index contributed by atoms with van der Waals surface area (Å²) < 4.78 is 25.8. The van der Waals surface area contributed by atoms with Crippen LogP contribution in [0.15, 0.2) is 0 Å². The summed E-state index contributed by atoms with van der Waals surface area (Å²) >= 11 is 0. The van der Waals surface area contributed by atoms with Crippen molar-refractivity contribution in [3.05, 3.63) is 0 Å². The number of rotatable bonds is 0. The predicted octanol–water partition coefficient (Wildman–Crippen LogP) is -7.85. The zero-order valence-electron chi connectivity index (χ0n) is 9.11. The zero-order chi connectivity index (χ0) is 13.5. The Bertz CT molecular complexity index is 211. The summed E-state index contributed by atoms with van der Waals surface area (Å²) in [5, 5.41) is 0. The molecule has 0 fully saturated rings. The first-order chi connectivity index (χ1) is 6.00. The van der Waals surface area contributed by atoms with Crippen molar-refractivity contribution in [2.24, 2.45) is 0 Å². The van der Waals surface area contributed by atoms with Crippen molar-refractivity contribution in [3.8, 4) is 0 Å². The van der Waals surface area contributed by atoms with Gasteiger partial charge in [-0.3, -0.25) is 0 Å². The van der Waals surface area contributed by atoms with E-state index in [1.165, 1.54) is 0 Å². The maximum Gasteiger partial charge on any atom is 2.00 e. The quantitative estimate of drug-likeness (QED) is 0.219. The molecule has 0 spiro atoms. The minimum Gasteiger partial charge on any atom is -0.822 e. The van der Waals surface area contributed by atoms with Crippen LogP contribution in [0, 0.1) is 0 Å². The van der Waals surface area contributed by atoms with Crippen LogP contribution in [0.5, 0.6) is 0 Å². The van der Waals surface area contributed by atoms with Gasteiger partial charge >= 0.3 is 77.9 Å². The van der Waals surface area contributed by atoms with Crippen molar-refractivity contribution in [1.82, 2.24) is 0 Å². The first-order valence-corrected chi connectivity index (χ1v) is 6.62. The van der Waals surface area contributed by atoms with Gasteiger partial charge in [0.15, 0.2) is 0 Å². The van der Waals surface area contributed by atoms with Gasteiger partial charge in [0, 0.05) is 0 Å². The molecule has 0 amide bonds. The number of phosphoric acid groups is 3. The van der Waals surface area contributed by atoms with Crippen molar-refractivity contribution in [2.75, 3.05) is 0 Å². The van der Waals surface area contributed by atoms with Gasteiger partial charge in [-0.05, 0) is 0 Å². The van der Waals surface area contributed by atoms with Gasteiger partial charge in [0.05, 0.1) is 7.82 Å². The van der Waals surface area contributed by atoms with Gasteiger partial charge in [-0.2, -0.15) is 15.6 Å². The average molecular weight is 547 g/mol. The first kappa shape index (κ1) is 43.1. The summed E-state index contributed by atoms with van der Waals surface area (Å²) in [5.41, 5.74) is 0. The van der Waals surface area contributed by atoms with Crippen LogP contribution in [0.2, 0.25) is 0 Å². The van der Waals surface area contributed by atoms with Gasteiger partial charge < -0.3 is 57.7 Å². The van der Waals surface area contributed by atoms with E-state index in [1.54, 1.807) is 0 Å². The molecule has 19 heavy (non-hydrogen) atoms. The van der Waals surface area contributed by atoms with Crippen molar-refractivity contribution >= 4 is 23.5 Å². The Balaban J connectivity index is -0.0000000206. The van der Waals surface area contributed by atoms with Crippen LogP contribution in [0.4, 0.5) is 0 Å². The van der Waals surface area contributed by atoms with E-state index in [1.807, 2.05) is 0 Å². The average Bonchev–Trinajstić information content (AvgIpc) is 1.41. The summed E-state index contributed by atoms with van der Waals surface area (Å²) in [4.78, 5) is 75.6. The van der Waals surface area contributed by atoms with Crippen LogP contribution < -0.4 is 39.1 Å². The van der Waals surface area contributed by atoms with Crippen LogP contribution in [0.3, 0.4) is 0 Å². The molecule has 0 bridgehead atoms. The fraction of sp³-hybridized carbons (Fsp3) is 0. The van der Waals surface area contributed by atoms with Gasteiger partial charge in [0.25, 0.3) is 0 Å². The molecular formula is HO12P3Zn4. The van der Waals surface area contributed by atoms with E-state index in [2.05, 4.69) is 0 Å². The molecule has 0 aromatic rings. The molecular weight excluding hydrogens is 546 g/mol. The molecule has 0 heterocycles. The normalized spacial score (nSPS) is 9.32.